The monoisotopic (exact) mass is 204 g/mol. The lowest BCUT2D eigenvalue weighted by atomic mass is 9.86. The molecule has 1 aliphatic rings. The van der Waals surface area contributed by atoms with Crippen LogP contribution in [0.2, 0.25) is 0 Å². The summed E-state index contributed by atoms with van der Waals surface area (Å²) in [5.41, 5.74) is 18.6. The molecule has 0 bridgehead atoms. The van der Waals surface area contributed by atoms with E-state index in [2.05, 4.69) is 15.4 Å². The Hall–Kier alpha value is -1.95. The molecule has 1 atom stereocenters. The topological polar surface area (TPSA) is 117 Å². The van der Waals surface area contributed by atoms with Crippen molar-refractivity contribution in [2.24, 2.45) is 17.2 Å². The second-order valence-electron chi connectivity index (χ2n) is 3.59. The van der Waals surface area contributed by atoms with E-state index in [1.54, 1.807) is 18.2 Å². The van der Waals surface area contributed by atoms with Gasteiger partial charge in [0.25, 0.3) is 0 Å². The Bertz CT molecular complexity index is 423. The molecule has 0 amide bonds. The molecule has 1 unspecified atom stereocenters. The van der Waals surface area contributed by atoms with Crippen molar-refractivity contribution in [3.63, 3.8) is 0 Å². The molecule has 1 aromatic rings. The average Bonchev–Trinajstić information content (AvgIpc) is 2.17. The summed E-state index contributed by atoms with van der Waals surface area (Å²) < 4.78 is 0. The molecule has 6 nitrogen and oxygen atoms in total. The molecule has 0 spiro atoms. The minimum Gasteiger partial charge on any atom is -0.402 e. The second-order valence-corrected chi connectivity index (χ2v) is 3.59. The molecule has 6 N–H and O–H groups in total. The van der Waals surface area contributed by atoms with E-state index in [9.17, 15) is 0 Å². The minimum absolute atomic E-state index is 0.479. The SMILES string of the molecule is NC1=CC(N)(c2ccnnn2)CC(N)=C1. The van der Waals surface area contributed by atoms with E-state index in [4.69, 9.17) is 17.2 Å². The van der Waals surface area contributed by atoms with Crippen molar-refractivity contribution >= 4 is 0 Å². The Morgan fingerprint density at radius 1 is 1.33 bits per heavy atom. The van der Waals surface area contributed by atoms with Crippen molar-refractivity contribution in [3.8, 4) is 0 Å². The van der Waals surface area contributed by atoms with Gasteiger partial charge in [-0.25, -0.2) is 0 Å². The zero-order valence-electron chi connectivity index (χ0n) is 8.09. The highest BCUT2D eigenvalue weighted by atomic mass is 15.3. The van der Waals surface area contributed by atoms with Crippen LogP contribution in [0.15, 0.2) is 35.8 Å². The van der Waals surface area contributed by atoms with E-state index in [1.807, 2.05) is 0 Å². The molecule has 0 radical (unpaired) electrons. The smallest absolute Gasteiger partial charge is 0.0907 e. The third-order valence-electron chi connectivity index (χ3n) is 2.25. The highest BCUT2D eigenvalue weighted by Gasteiger charge is 2.30. The lowest BCUT2D eigenvalue weighted by Crippen LogP contribution is -2.39. The molecule has 2 rings (SSSR count). The molecule has 0 saturated carbocycles. The number of aromatic nitrogens is 3. The molecular formula is C9H12N6. The van der Waals surface area contributed by atoms with Crippen LogP contribution in [0.3, 0.4) is 0 Å². The predicted molar refractivity (Wildman–Crippen MR) is 54.9 cm³/mol. The van der Waals surface area contributed by atoms with Crippen molar-refractivity contribution < 1.29 is 0 Å². The summed E-state index contributed by atoms with van der Waals surface area (Å²) in [4.78, 5) is 0. The van der Waals surface area contributed by atoms with E-state index in [0.717, 1.165) is 0 Å². The Morgan fingerprint density at radius 2 is 2.13 bits per heavy atom. The van der Waals surface area contributed by atoms with Crippen LogP contribution in [0.4, 0.5) is 0 Å². The Kier molecular flexibility index (Phi) is 2.12. The summed E-state index contributed by atoms with van der Waals surface area (Å²) in [6.07, 6.45) is 5.44. The Balaban J connectivity index is 2.42. The van der Waals surface area contributed by atoms with Crippen molar-refractivity contribution in [1.82, 2.24) is 15.4 Å². The predicted octanol–water partition coefficient (Wildman–Crippen LogP) is -0.886. The lowest BCUT2D eigenvalue weighted by Gasteiger charge is -2.28. The fraction of sp³-hybridized carbons (Fsp3) is 0.222. The van der Waals surface area contributed by atoms with E-state index in [-0.39, 0.29) is 0 Å². The minimum atomic E-state index is -0.779. The first-order valence-electron chi connectivity index (χ1n) is 4.48. The summed E-state index contributed by atoms with van der Waals surface area (Å²) >= 11 is 0. The average molecular weight is 204 g/mol. The maximum atomic E-state index is 6.15. The number of hydrogen-bond donors (Lipinski definition) is 3. The van der Waals surface area contributed by atoms with Gasteiger partial charge in [0.15, 0.2) is 0 Å². The molecule has 1 heterocycles. The Morgan fingerprint density at radius 3 is 2.73 bits per heavy atom. The number of hydrogen-bond acceptors (Lipinski definition) is 6. The van der Waals surface area contributed by atoms with Crippen LogP contribution in [0.5, 0.6) is 0 Å². The van der Waals surface area contributed by atoms with E-state index in [0.29, 0.717) is 23.5 Å². The van der Waals surface area contributed by atoms with Gasteiger partial charge in [0, 0.05) is 17.8 Å². The Labute approximate surface area is 86.9 Å². The first kappa shape index (κ1) is 9.60. The highest BCUT2D eigenvalue weighted by molar-refractivity contribution is 5.35. The molecule has 15 heavy (non-hydrogen) atoms. The van der Waals surface area contributed by atoms with Gasteiger partial charge < -0.3 is 17.2 Å². The van der Waals surface area contributed by atoms with E-state index < -0.39 is 5.54 Å². The quantitative estimate of drug-likeness (QED) is 0.546. The molecule has 0 aliphatic heterocycles. The first-order valence-corrected chi connectivity index (χ1v) is 4.48. The van der Waals surface area contributed by atoms with Gasteiger partial charge in [0.2, 0.25) is 0 Å². The molecular weight excluding hydrogens is 192 g/mol. The number of allylic oxidation sites excluding steroid dienone is 1. The van der Waals surface area contributed by atoms with Gasteiger partial charge in [-0.1, -0.05) is 0 Å². The van der Waals surface area contributed by atoms with E-state index in [1.165, 1.54) is 6.20 Å². The lowest BCUT2D eigenvalue weighted by molar-refractivity contribution is 0.510. The van der Waals surface area contributed by atoms with Gasteiger partial charge in [0.05, 0.1) is 17.4 Å². The van der Waals surface area contributed by atoms with Crippen LogP contribution < -0.4 is 17.2 Å². The van der Waals surface area contributed by atoms with Crippen molar-refractivity contribution in [1.29, 1.82) is 0 Å². The van der Waals surface area contributed by atoms with Crippen molar-refractivity contribution in [3.05, 3.63) is 41.5 Å². The molecule has 0 saturated heterocycles. The first-order chi connectivity index (χ1) is 7.10. The fourth-order valence-corrected chi connectivity index (χ4v) is 1.65. The third kappa shape index (κ3) is 1.79. The van der Waals surface area contributed by atoms with Crippen LogP contribution >= 0.6 is 0 Å². The molecule has 78 valence electrons. The normalized spacial score (nSPS) is 25.7. The fourth-order valence-electron chi connectivity index (χ4n) is 1.65. The summed E-state index contributed by atoms with van der Waals surface area (Å²) in [6, 6.07) is 1.70. The molecule has 0 aromatic carbocycles. The van der Waals surface area contributed by atoms with E-state index >= 15 is 0 Å². The molecule has 0 fully saturated rings. The standard InChI is InChI=1S/C9H12N6/c10-6-3-7(11)5-9(12,4-6)8-1-2-13-15-14-8/h1-4H,5,10-12H2. The van der Waals surface area contributed by atoms with Crippen LogP contribution in [0.25, 0.3) is 0 Å². The van der Waals surface area contributed by atoms with Gasteiger partial charge in [-0.2, -0.15) is 0 Å². The van der Waals surface area contributed by atoms with Crippen molar-refractivity contribution in [2.75, 3.05) is 0 Å². The number of rotatable bonds is 1. The van der Waals surface area contributed by atoms with Gasteiger partial charge in [0.1, 0.15) is 0 Å². The molecule has 6 heteroatoms. The van der Waals surface area contributed by atoms with Crippen LogP contribution in [0.1, 0.15) is 12.1 Å². The van der Waals surface area contributed by atoms with Gasteiger partial charge in [-0.05, 0) is 23.4 Å². The zero-order valence-corrected chi connectivity index (χ0v) is 8.09. The zero-order chi connectivity index (χ0) is 10.9. The van der Waals surface area contributed by atoms with Crippen LogP contribution in [-0.2, 0) is 5.54 Å². The van der Waals surface area contributed by atoms with Gasteiger partial charge in [-0.3, -0.25) is 0 Å². The highest BCUT2D eigenvalue weighted by Crippen LogP contribution is 2.28. The third-order valence-corrected chi connectivity index (χ3v) is 2.25. The van der Waals surface area contributed by atoms with Gasteiger partial charge >= 0.3 is 0 Å². The van der Waals surface area contributed by atoms with Crippen molar-refractivity contribution in [2.45, 2.75) is 12.0 Å². The summed E-state index contributed by atoms with van der Waals surface area (Å²) in [5.74, 6) is 0. The molecule has 1 aliphatic carbocycles. The van der Waals surface area contributed by atoms with Gasteiger partial charge in [-0.15, -0.1) is 10.2 Å². The number of nitrogens with zero attached hydrogens (tertiary/aromatic N) is 3. The molecule has 1 aromatic heterocycles. The van der Waals surface area contributed by atoms with Crippen LogP contribution in [0, 0.1) is 0 Å². The number of nitrogens with two attached hydrogens (primary N) is 3. The largest absolute Gasteiger partial charge is 0.402 e. The maximum absolute atomic E-state index is 6.15. The second kappa shape index (κ2) is 3.32. The van der Waals surface area contributed by atoms with Crippen LogP contribution in [-0.4, -0.2) is 15.4 Å². The summed E-state index contributed by atoms with van der Waals surface area (Å²) in [6.45, 7) is 0. The maximum Gasteiger partial charge on any atom is 0.0907 e. The summed E-state index contributed by atoms with van der Waals surface area (Å²) in [5, 5.41) is 11.0. The summed E-state index contributed by atoms with van der Waals surface area (Å²) in [7, 11) is 0.